The Kier molecular flexibility index (Phi) is 10.9. The predicted octanol–water partition coefficient (Wildman–Crippen LogP) is 5.26. The number of carbonyl (C=O) groups is 3. The highest BCUT2D eigenvalue weighted by molar-refractivity contribution is 5.91. The normalized spacial score (nSPS) is 14.8. The molecular weight excluding hydrogens is 502 g/mol. The van der Waals surface area contributed by atoms with Gasteiger partial charge < -0.3 is 20.6 Å². The van der Waals surface area contributed by atoms with Gasteiger partial charge in [-0.2, -0.15) is 0 Å². The molecule has 218 valence electrons. The molecule has 0 saturated heterocycles. The van der Waals surface area contributed by atoms with E-state index >= 15 is 0 Å². The second-order valence-corrected chi connectivity index (χ2v) is 12.5. The van der Waals surface area contributed by atoms with Crippen LogP contribution in [0.15, 0.2) is 66.2 Å². The fourth-order valence-electron chi connectivity index (χ4n) is 5.01. The highest BCUT2D eigenvalue weighted by Gasteiger charge is 2.41. The van der Waals surface area contributed by atoms with Crippen LogP contribution < -0.4 is 10.6 Å². The summed E-state index contributed by atoms with van der Waals surface area (Å²) < 4.78 is 0. The molecule has 2 aromatic rings. The van der Waals surface area contributed by atoms with Crippen LogP contribution in [0.2, 0.25) is 0 Å². The van der Waals surface area contributed by atoms with E-state index in [0.29, 0.717) is 0 Å². The maximum absolute atomic E-state index is 13.8. The minimum atomic E-state index is -1.02. The Balaban J connectivity index is 2.34. The molecule has 0 spiro atoms. The number of carboxylic acid groups (broad SMARTS) is 1. The van der Waals surface area contributed by atoms with E-state index in [0.717, 1.165) is 16.7 Å². The minimum Gasteiger partial charge on any atom is -0.478 e. The Morgan fingerprint density at radius 2 is 1.40 bits per heavy atom. The molecular formula is C33H47N3O4. The third kappa shape index (κ3) is 7.81. The molecule has 0 radical (unpaired) electrons. The highest BCUT2D eigenvalue weighted by Crippen LogP contribution is 2.31. The number of rotatable bonds is 11. The Bertz CT molecular complexity index is 1190. The molecule has 0 bridgehead atoms. The van der Waals surface area contributed by atoms with Crippen LogP contribution in [0.25, 0.3) is 11.1 Å². The van der Waals surface area contributed by atoms with Crippen LogP contribution in [0.1, 0.15) is 61.0 Å². The van der Waals surface area contributed by atoms with Crippen molar-refractivity contribution in [2.24, 2.45) is 11.3 Å². The van der Waals surface area contributed by atoms with Crippen LogP contribution in [-0.4, -0.2) is 60.0 Å². The van der Waals surface area contributed by atoms with Crippen LogP contribution in [0.3, 0.4) is 0 Å². The van der Waals surface area contributed by atoms with Gasteiger partial charge in [-0.25, -0.2) is 4.79 Å². The molecule has 2 aromatic carbocycles. The van der Waals surface area contributed by atoms with Crippen molar-refractivity contribution in [1.29, 1.82) is 0 Å². The van der Waals surface area contributed by atoms with E-state index in [9.17, 15) is 19.5 Å². The number of hydrogen-bond donors (Lipinski definition) is 3. The van der Waals surface area contributed by atoms with Crippen molar-refractivity contribution in [3.8, 4) is 11.1 Å². The zero-order chi connectivity index (χ0) is 30.4. The first kappa shape index (κ1) is 32.8. The first-order chi connectivity index (χ1) is 18.5. The molecule has 0 fully saturated rings. The number of hydrogen-bond acceptors (Lipinski definition) is 4. The van der Waals surface area contributed by atoms with E-state index in [-0.39, 0.29) is 23.3 Å². The van der Waals surface area contributed by atoms with E-state index in [1.165, 1.54) is 6.92 Å². The molecule has 3 atom stereocenters. The Morgan fingerprint density at radius 3 is 1.85 bits per heavy atom. The van der Waals surface area contributed by atoms with Gasteiger partial charge in [0.15, 0.2) is 0 Å². The Hall–Kier alpha value is -3.45. The Labute approximate surface area is 240 Å². The second kappa shape index (κ2) is 13.3. The van der Waals surface area contributed by atoms with E-state index in [1.54, 1.807) is 25.1 Å². The summed E-state index contributed by atoms with van der Waals surface area (Å²) in [6, 6.07) is 16.5. The lowest BCUT2D eigenvalue weighted by molar-refractivity contribution is -0.141. The van der Waals surface area contributed by atoms with Gasteiger partial charge in [0.05, 0.1) is 12.1 Å². The first-order valence-corrected chi connectivity index (χ1v) is 13.8. The largest absolute Gasteiger partial charge is 0.478 e. The number of carbonyl (C=O) groups excluding carboxylic acids is 2. The SMILES string of the molecule is CN[C@H](C(=O)N[C@H](C(=O)N(C)[C@H](C=C(C)C(=O)O)C(C)C)C(C)(C)C)C(C)(C)c1ccc(-c2ccccc2)cc1. The molecule has 0 heterocycles. The number of benzene rings is 2. The summed E-state index contributed by atoms with van der Waals surface area (Å²) in [6.07, 6.45) is 1.60. The molecule has 7 heteroatoms. The zero-order valence-corrected chi connectivity index (χ0v) is 25.7. The van der Waals surface area contributed by atoms with E-state index in [2.05, 4.69) is 34.9 Å². The lowest BCUT2D eigenvalue weighted by Crippen LogP contribution is -2.61. The van der Waals surface area contributed by atoms with Crippen LogP contribution in [0.5, 0.6) is 0 Å². The van der Waals surface area contributed by atoms with Crippen molar-refractivity contribution in [2.75, 3.05) is 14.1 Å². The summed E-state index contributed by atoms with van der Waals surface area (Å²) in [5, 5.41) is 15.6. The average molecular weight is 550 g/mol. The van der Waals surface area contributed by atoms with E-state index in [4.69, 9.17) is 0 Å². The summed E-state index contributed by atoms with van der Waals surface area (Å²) in [6.45, 7) is 15.2. The molecule has 3 N–H and O–H groups in total. The standard InChI is InChI=1S/C33H47N3O4/c1-21(2)26(20-22(3)31(39)40)36(10)30(38)28(32(4,5)6)35-29(37)27(34-9)33(7,8)25-18-16-24(17-19-25)23-14-12-11-13-15-23/h11-21,26-28,34H,1-10H3,(H,35,37)(H,39,40)/t26-,27-,28-/m1/s1. The molecule has 0 saturated carbocycles. The quantitative estimate of drug-likeness (QED) is 0.332. The third-order valence-electron chi connectivity index (χ3n) is 7.64. The molecule has 0 aromatic heterocycles. The number of amides is 2. The van der Waals surface area contributed by atoms with Gasteiger partial charge in [-0.05, 0) is 42.0 Å². The van der Waals surface area contributed by atoms with Gasteiger partial charge in [0.2, 0.25) is 11.8 Å². The van der Waals surface area contributed by atoms with Gasteiger partial charge in [-0.15, -0.1) is 0 Å². The van der Waals surface area contributed by atoms with Gasteiger partial charge in [0, 0.05) is 18.0 Å². The number of aliphatic carboxylic acids is 1. The van der Waals surface area contributed by atoms with Crippen LogP contribution in [0, 0.1) is 11.3 Å². The number of carboxylic acids is 1. The summed E-state index contributed by atoms with van der Waals surface area (Å²) in [7, 11) is 3.41. The van der Waals surface area contributed by atoms with Crippen molar-refractivity contribution in [2.45, 2.75) is 78.9 Å². The van der Waals surface area contributed by atoms with E-state index in [1.807, 2.05) is 78.8 Å². The van der Waals surface area contributed by atoms with Gasteiger partial charge in [0.25, 0.3) is 0 Å². The van der Waals surface area contributed by atoms with E-state index < -0.39 is 34.9 Å². The monoisotopic (exact) mass is 549 g/mol. The third-order valence-corrected chi connectivity index (χ3v) is 7.64. The Morgan fingerprint density at radius 1 is 0.875 bits per heavy atom. The smallest absolute Gasteiger partial charge is 0.331 e. The van der Waals surface area contributed by atoms with Crippen LogP contribution in [0.4, 0.5) is 0 Å². The first-order valence-electron chi connectivity index (χ1n) is 13.8. The fourth-order valence-corrected chi connectivity index (χ4v) is 5.01. The number of likely N-dealkylation sites (N-methyl/N-ethyl adjacent to an activating group) is 2. The maximum Gasteiger partial charge on any atom is 0.331 e. The summed E-state index contributed by atoms with van der Waals surface area (Å²) in [4.78, 5) is 40.7. The molecule has 2 rings (SSSR count). The van der Waals surface area contributed by atoms with Gasteiger partial charge >= 0.3 is 5.97 Å². The zero-order valence-electron chi connectivity index (χ0n) is 25.7. The molecule has 7 nitrogen and oxygen atoms in total. The van der Waals surface area contributed by atoms with Crippen molar-refractivity contribution < 1.29 is 19.5 Å². The minimum absolute atomic E-state index is 0.0255. The molecule has 0 unspecified atom stereocenters. The van der Waals surface area contributed by atoms with Crippen molar-refractivity contribution in [3.63, 3.8) is 0 Å². The maximum atomic E-state index is 13.8. The van der Waals surface area contributed by atoms with Crippen molar-refractivity contribution in [3.05, 3.63) is 71.8 Å². The topological polar surface area (TPSA) is 98.7 Å². The number of nitrogens with one attached hydrogen (secondary N) is 2. The molecule has 40 heavy (non-hydrogen) atoms. The number of nitrogens with zero attached hydrogens (tertiary/aromatic N) is 1. The lowest BCUT2D eigenvalue weighted by atomic mass is 9.76. The molecule has 0 aliphatic carbocycles. The fraction of sp³-hybridized carbons (Fsp3) is 0.485. The summed E-state index contributed by atoms with van der Waals surface area (Å²) in [5.74, 6) is -1.60. The molecule has 0 aliphatic heterocycles. The lowest BCUT2D eigenvalue weighted by Gasteiger charge is -2.40. The summed E-state index contributed by atoms with van der Waals surface area (Å²) >= 11 is 0. The van der Waals surface area contributed by atoms with Crippen molar-refractivity contribution in [1.82, 2.24) is 15.5 Å². The second-order valence-electron chi connectivity index (χ2n) is 12.5. The van der Waals surface area contributed by atoms with Crippen LogP contribution >= 0.6 is 0 Å². The molecule has 2 amide bonds. The predicted molar refractivity (Wildman–Crippen MR) is 162 cm³/mol. The highest BCUT2D eigenvalue weighted by atomic mass is 16.4. The summed E-state index contributed by atoms with van der Waals surface area (Å²) in [5.41, 5.74) is 2.20. The average Bonchev–Trinajstić information content (AvgIpc) is 2.89. The van der Waals surface area contributed by atoms with Crippen LogP contribution in [-0.2, 0) is 19.8 Å². The molecule has 0 aliphatic rings. The van der Waals surface area contributed by atoms with Gasteiger partial charge in [-0.3, -0.25) is 9.59 Å². The van der Waals surface area contributed by atoms with Crippen molar-refractivity contribution >= 4 is 17.8 Å². The van der Waals surface area contributed by atoms with Gasteiger partial charge in [0.1, 0.15) is 6.04 Å². The van der Waals surface area contributed by atoms with Gasteiger partial charge in [-0.1, -0.05) is 109 Å².